The fourth-order valence-electron chi connectivity index (χ4n) is 3.42. The number of likely N-dealkylation sites (N-methyl/N-ethyl adjacent to an activating group) is 1. The number of ether oxygens (including phenoxy) is 1. The number of rotatable bonds is 5. The normalized spacial score (nSPS) is 18.0. The Morgan fingerprint density at radius 1 is 1.11 bits per heavy atom. The monoisotopic (exact) mass is 381 g/mol. The quantitative estimate of drug-likeness (QED) is 0.865. The van der Waals surface area contributed by atoms with E-state index in [0.29, 0.717) is 31.0 Å². The molecule has 2 amide bonds. The summed E-state index contributed by atoms with van der Waals surface area (Å²) in [5.41, 5.74) is 2.21. The molecular formula is C22H27N3O3. The largest absolute Gasteiger partial charge is 0.377 e. The summed E-state index contributed by atoms with van der Waals surface area (Å²) < 4.78 is 5.39. The number of benzene rings is 2. The summed E-state index contributed by atoms with van der Waals surface area (Å²) in [5, 5.41) is 2.95. The van der Waals surface area contributed by atoms with Gasteiger partial charge in [-0.05, 0) is 50.8 Å². The van der Waals surface area contributed by atoms with Crippen molar-refractivity contribution in [3.63, 3.8) is 0 Å². The molecular weight excluding hydrogens is 354 g/mol. The first kappa shape index (κ1) is 20.0. The zero-order valence-electron chi connectivity index (χ0n) is 16.6. The molecule has 1 N–H and O–H groups in total. The smallest absolute Gasteiger partial charge is 0.254 e. The fraction of sp³-hybridized carbons (Fsp3) is 0.364. The molecule has 148 valence electrons. The number of nitrogens with zero attached hydrogens (tertiary/aromatic N) is 2. The van der Waals surface area contributed by atoms with Crippen LogP contribution in [0, 0.1) is 0 Å². The van der Waals surface area contributed by atoms with E-state index in [0.717, 1.165) is 5.56 Å². The molecule has 0 spiro atoms. The average molecular weight is 381 g/mol. The molecule has 3 rings (SSSR count). The molecule has 0 aliphatic carbocycles. The van der Waals surface area contributed by atoms with Crippen LogP contribution < -0.4 is 5.32 Å². The number of hydrogen-bond acceptors (Lipinski definition) is 4. The van der Waals surface area contributed by atoms with E-state index in [-0.39, 0.29) is 17.9 Å². The lowest BCUT2D eigenvalue weighted by atomic mass is 10.1. The highest BCUT2D eigenvalue weighted by molar-refractivity contribution is 5.97. The molecule has 1 heterocycles. The van der Waals surface area contributed by atoms with Gasteiger partial charge in [-0.2, -0.15) is 0 Å². The zero-order chi connectivity index (χ0) is 20.1. The Bertz CT molecular complexity index is 806. The van der Waals surface area contributed by atoms with Crippen LogP contribution in [0.15, 0.2) is 54.6 Å². The van der Waals surface area contributed by atoms with Crippen LogP contribution in [0.4, 0.5) is 5.69 Å². The van der Waals surface area contributed by atoms with E-state index in [2.05, 4.69) is 5.32 Å². The number of carbonyl (C=O) groups is 2. The van der Waals surface area contributed by atoms with Gasteiger partial charge in [-0.25, -0.2) is 0 Å². The van der Waals surface area contributed by atoms with Gasteiger partial charge in [0.1, 0.15) is 6.04 Å². The van der Waals surface area contributed by atoms with Crippen molar-refractivity contribution >= 4 is 17.5 Å². The van der Waals surface area contributed by atoms with Crippen molar-refractivity contribution < 1.29 is 14.3 Å². The average Bonchev–Trinajstić information content (AvgIpc) is 2.69. The molecule has 0 aromatic heterocycles. The standard InChI is InChI=1S/C22H27N3O3/c1-16-15-28-14-13-25(16)22(27)18-9-11-19(12-10-18)23-21(26)20(24(2)3)17-7-5-4-6-8-17/h4-12,16,20H,13-15H2,1-3H3,(H,23,26). The van der Waals surface area contributed by atoms with E-state index < -0.39 is 6.04 Å². The summed E-state index contributed by atoms with van der Waals surface area (Å²) in [7, 11) is 3.75. The number of hydrogen-bond donors (Lipinski definition) is 1. The molecule has 28 heavy (non-hydrogen) atoms. The van der Waals surface area contributed by atoms with Gasteiger partial charge in [-0.3, -0.25) is 14.5 Å². The maximum atomic E-state index is 12.8. The fourth-order valence-corrected chi connectivity index (χ4v) is 3.42. The van der Waals surface area contributed by atoms with Crippen molar-refractivity contribution in [1.29, 1.82) is 0 Å². The Labute approximate surface area is 166 Å². The lowest BCUT2D eigenvalue weighted by Crippen LogP contribution is -2.47. The maximum absolute atomic E-state index is 12.8. The summed E-state index contributed by atoms with van der Waals surface area (Å²) in [6.07, 6.45) is 0. The molecule has 0 saturated carbocycles. The van der Waals surface area contributed by atoms with Crippen LogP contribution in [-0.4, -0.2) is 61.5 Å². The molecule has 2 aromatic rings. The first-order valence-corrected chi connectivity index (χ1v) is 9.48. The molecule has 1 saturated heterocycles. The molecule has 1 aliphatic heterocycles. The van der Waals surface area contributed by atoms with Gasteiger partial charge in [0.25, 0.3) is 5.91 Å². The molecule has 6 heteroatoms. The third-order valence-corrected chi connectivity index (χ3v) is 4.91. The van der Waals surface area contributed by atoms with E-state index in [1.165, 1.54) is 0 Å². The molecule has 2 unspecified atom stereocenters. The van der Waals surface area contributed by atoms with Gasteiger partial charge in [0.2, 0.25) is 5.91 Å². The molecule has 2 atom stereocenters. The molecule has 2 aromatic carbocycles. The zero-order valence-corrected chi connectivity index (χ0v) is 16.6. The van der Waals surface area contributed by atoms with Crippen LogP contribution in [0.2, 0.25) is 0 Å². The van der Waals surface area contributed by atoms with Crippen molar-refractivity contribution in [2.24, 2.45) is 0 Å². The van der Waals surface area contributed by atoms with E-state index >= 15 is 0 Å². The number of amides is 2. The van der Waals surface area contributed by atoms with Gasteiger partial charge < -0.3 is 15.0 Å². The van der Waals surface area contributed by atoms with Gasteiger partial charge in [0.05, 0.1) is 19.3 Å². The topological polar surface area (TPSA) is 61.9 Å². The van der Waals surface area contributed by atoms with Gasteiger partial charge in [-0.1, -0.05) is 30.3 Å². The molecule has 6 nitrogen and oxygen atoms in total. The molecule has 1 aliphatic rings. The Morgan fingerprint density at radius 2 is 1.79 bits per heavy atom. The van der Waals surface area contributed by atoms with Crippen molar-refractivity contribution in [2.75, 3.05) is 39.2 Å². The molecule has 0 bridgehead atoms. The lowest BCUT2D eigenvalue weighted by Gasteiger charge is -2.33. The van der Waals surface area contributed by atoms with Gasteiger partial charge in [-0.15, -0.1) is 0 Å². The highest BCUT2D eigenvalue weighted by atomic mass is 16.5. The van der Waals surface area contributed by atoms with E-state index in [1.807, 2.05) is 61.2 Å². The van der Waals surface area contributed by atoms with E-state index in [1.54, 1.807) is 24.3 Å². The summed E-state index contributed by atoms with van der Waals surface area (Å²) in [6, 6.07) is 16.4. The minimum Gasteiger partial charge on any atom is -0.377 e. The summed E-state index contributed by atoms with van der Waals surface area (Å²) in [5.74, 6) is -0.124. The molecule has 1 fully saturated rings. The number of nitrogens with one attached hydrogen (secondary N) is 1. The SMILES string of the molecule is CC1COCCN1C(=O)c1ccc(NC(=O)C(c2ccccc2)N(C)C)cc1. The van der Waals surface area contributed by atoms with Gasteiger partial charge >= 0.3 is 0 Å². The van der Waals surface area contributed by atoms with Crippen LogP contribution in [0.25, 0.3) is 0 Å². The van der Waals surface area contributed by atoms with Crippen molar-refractivity contribution in [3.8, 4) is 0 Å². The first-order chi connectivity index (χ1) is 13.5. The van der Waals surface area contributed by atoms with E-state index in [4.69, 9.17) is 4.74 Å². The van der Waals surface area contributed by atoms with Crippen LogP contribution >= 0.6 is 0 Å². The summed E-state index contributed by atoms with van der Waals surface area (Å²) >= 11 is 0. The second-order valence-electron chi connectivity index (χ2n) is 7.27. The maximum Gasteiger partial charge on any atom is 0.254 e. The minimum atomic E-state index is -0.392. The number of carbonyl (C=O) groups excluding carboxylic acids is 2. The number of anilines is 1. The first-order valence-electron chi connectivity index (χ1n) is 9.48. The highest BCUT2D eigenvalue weighted by Gasteiger charge is 2.25. The van der Waals surface area contributed by atoms with Crippen molar-refractivity contribution in [2.45, 2.75) is 19.0 Å². The predicted molar refractivity (Wildman–Crippen MR) is 109 cm³/mol. The summed E-state index contributed by atoms with van der Waals surface area (Å²) in [4.78, 5) is 29.2. The van der Waals surface area contributed by atoms with Crippen molar-refractivity contribution in [1.82, 2.24) is 9.80 Å². The van der Waals surface area contributed by atoms with Crippen LogP contribution in [0.5, 0.6) is 0 Å². The second kappa shape index (κ2) is 8.99. The highest BCUT2D eigenvalue weighted by Crippen LogP contribution is 2.21. The van der Waals surface area contributed by atoms with E-state index in [9.17, 15) is 9.59 Å². The Morgan fingerprint density at radius 3 is 2.39 bits per heavy atom. The third kappa shape index (κ3) is 4.58. The minimum absolute atomic E-state index is 0.0101. The van der Waals surface area contributed by atoms with Gasteiger partial charge in [0.15, 0.2) is 0 Å². The van der Waals surface area contributed by atoms with Crippen LogP contribution in [0.1, 0.15) is 28.9 Å². The van der Waals surface area contributed by atoms with Crippen LogP contribution in [-0.2, 0) is 9.53 Å². The van der Waals surface area contributed by atoms with Crippen LogP contribution in [0.3, 0.4) is 0 Å². The second-order valence-corrected chi connectivity index (χ2v) is 7.27. The predicted octanol–water partition coefficient (Wildman–Crippen LogP) is 2.79. The number of morpholine rings is 1. The summed E-state index contributed by atoms with van der Waals surface area (Å²) in [6.45, 7) is 3.71. The van der Waals surface area contributed by atoms with Crippen molar-refractivity contribution in [3.05, 3.63) is 65.7 Å². The Hall–Kier alpha value is -2.70. The Balaban J connectivity index is 1.69. The van der Waals surface area contributed by atoms with Gasteiger partial charge in [0, 0.05) is 17.8 Å². The Kier molecular flexibility index (Phi) is 6.44. The third-order valence-electron chi connectivity index (χ3n) is 4.91. The molecule has 0 radical (unpaired) electrons. The lowest BCUT2D eigenvalue weighted by molar-refractivity contribution is -0.120.